The molecule has 1 aromatic carbocycles. The SMILES string of the molecule is CC(C)Sc1cc(F)cc(C=O)c1. The molecule has 0 aliphatic heterocycles. The van der Waals surface area contributed by atoms with E-state index in [4.69, 9.17) is 0 Å². The Labute approximate surface area is 81.3 Å². The van der Waals surface area contributed by atoms with Gasteiger partial charge in [-0.1, -0.05) is 13.8 Å². The molecule has 0 atom stereocenters. The van der Waals surface area contributed by atoms with E-state index in [2.05, 4.69) is 0 Å². The Hall–Kier alpha value is -0.830. The molecule has 13 heavy (non-hydrogen) atoms. The smallest absolute Gasteiger partial charge is 0.150 e. The minimum Gasteiger partial charge on any atom is -0.298 e. The minimum absolute atomic E-state index is 0.354. The van der Waals surface area contributed by atoms with Crippen LogP contribution >= 0.6 is 11.8 Å². The van der Waals surface area contributed by atoms with Gasteiger partial charge in [0, 0.05) is 15.7 Å². The lowest BCUT2D eigenvalue weighted by atomic mass is 10.2. The van der Waals surface area contributed by atoms with Gasteiger partial charge in [-0.25, -0.2) is 4.39 Å². The van der Waals surface area contributed by atoms with Gasteiger partial charge >= 0.3 is 0 Å². The van der Waals surface area contributed by atoms with Gasteiger partial charge in [0.2, 0.25) is 0 Å². The molecule has 0 spiro atoms. The van der Waals surface area contributed by atoms with Gasteiger partial charge in [0.15, 0.2) is 0 Å². The maximum atomic E-state index is 12.9. The van der Waals surface area contributed by atoms with Crippen LogP contribution in [0.2, 0.25) is 0 Å². The van der Waals surface area contributed by atoms with Crippen LogP contribution in [0.3, 0.4) is 0 Å². The molecule has 0 aromatic heterocycles. The number of halogens is 1. The van der Waals surface area contributed by atoms with Crippen molar-refractivity contribution in [1.29, 1.82) is 0 Å². The van der Waals surface area contributed by atoms with Crippen LogP contribution in [-0.4, -0.2) is 11.5 Å². The lowest BCUT2D eigenvalue weighted by molar-refractivity contribution is 0.112. The first-order chi connectivity index (χ1) is 6.11. The van der Waals surface area contributed by atoms with E-state index in [1.807, 2.05) is 13.8 Å². The Balaban J connectivity index is 2.94. The number of aldehydes is 1. The van der Waals surface area contributed by atoms with Gasteiger partial charge in [0.05, 0.1) is 0 Å². The van der Waals surface area contributed by atoms with E-state index in [9.17, 15) is 9.18 Å². The average Bonchev–Trinajstić information content (AvgIpc) is 2.01. The van der Waals surface area contributed by atoms with Crippen molar-refractivity contribution >= 4 is 18.0 Å². The quantitative estimate of drug-likeness (QED) is 0.548. The number of benzene rings is 1. The van der Waals surface area contributed by atoms with E-state index in [0.717, 1.165) is 4.90 Å². The molecule has 1 aromatic rings. The molecular weight excluding hydrogens is 187 g/mol. The first-order valence-electron chi connectivity index (χ1n) is 4.04. The van der Waals surface area contributed by atoms with Gasteiger partial charge in [-0.15, -0.1) is 11.8 Å². The molecule has 0 bridgehead atoms. The Bertz CT molecular complexity index is 310. The second-order valence-corrected chi connectivity index (χ2v) is 4.65. The summed E-state index contributed by atoms with van der Waals surface area (Å²) in [6.07, 6.45) is 0.660. The van der Waals surface area contributed by atoms with Crippen LogP contribution in [0, 0.1) is 5.82 Å². The van der Waals surface area contributed by atoms with Crippen LogP contribution in [0.5, 0.6) is 0 Å². The van der Waals surface area contributed by atoms with Crippen LogP contribution in [0.25, 0.3) is 0 Å². The van der Waals surface area contributed by atoms with Gasteiger partial charge in [-0.05, 0) is 18.2 Å². The molecule has 0 amide bonds. The zero-order chi connectivity index (χ0) is 9.84. The van der Waals surface area contributed by atoms with Gasteiger partial charge in [-0.3, -0.25) is 4.79 Å². The van der Waals surface area contributed by atoms with E-state index in [1.165, 1.54) is 12.1 Å². The maximum absolute atomic E-state index is 12.9. The molecule has 0 saturated carbocycles. The van der Waals surface area contributed by atoms with Crippen LogP contribution in [0.1, 0.15) is 24.2 Å². The summed E-state index contributed by atoms with van der Waals surface area (Å²) in [5, 5.41) is 0.390. The molecule has 0 saturated heterocycles. The number of carbonyl (C=O) groups is 1. The molecule has 0 aliphatic rings. The topological polar surface area (TPSA) is 17.1 Å². The first-order valence-corrected chi connectivity index (χ1v) is 4.92. The number of hydrogen-bond acceptors (Lipinski definition) is 2. The predicted molar refractivity (Wildman–Crippen MR) is 52.8 cm³/mol. The minimum atomic E-state index is -0.354. The highest BCUT2D eigenvalue weighted by Crippen LogP contribution is 2.24. The number of hydrogen-bond donors (Lipinski definition) is 0. The zero-order valence-corrected chi connectivity index (χ0v) is 8.40. The van der Waals surface area contributed by atoms with Crippen molar-refractivity contribution in [2.45, 2.75) is 24.0 Å². The third kappa shape index (κ3) is 3.19. The van der Waals surface area contributed by atoms with Crippen LogP contribution < -0.4 is 0 Å². The van der Waals surface area contributed by atoms with E-state index in [0.29, 0.717) is 17.1 Å². The summed E-state index contributed by atoms with van der Waals surface area (Å²) in [5.74, 6) is -0.354. The molecule has 0 fully saturated rings. The third-order valence-electron chi connectivity index (χ3n) is 1.40. The van der Waals surface area contributed by atoms with Crippen LogP contribution in [0.15, 0.2) is 23.1 Å². The fourth-order valence-corrected chi connectivity index (χ4v) is 1.92. The predicted octanol–water partition coefficient (Wildman–Crippen LogP) is 3.14. The van der Waals surface area contributed by atoms with Crippen molar-refractivity contribution in [3.63, 3.8) is 0 Å². The molecule has 0 unspecified atom stereocenters. The van der Waals surface area contributed by atoms with Crippen molar-refractivity contribution in [3.05, 3.63) is 29.6 Å². The monoisotopic (exact) mass is 198 g/mol. The summed E-state index contributed by atoms with van der Waals surface area (Å²) in [5.41, 5.74) is 0.392. The van der Waals surface area contributed by atoms with E-state index in [-0.39, 0.29) is 5.82 Å². The van der Waals surface area contributed by atoms with Crippen LogP contribution in [-0.2, 0) is 0 Å². The third-order valence-corrected chi connectivity index (χ3v) is 2.38. The Kier molecular flexibility index (Phi) is 3.48. The van der Waals surface area contributed by atoms with E-state index >= 15 is 0 Å². The molecule has 1 rings (SSSR count). The van der Waals surface area contributed by atoms with Crippen LogP contribution in [0.4, 0.5) is 4.39 Å². The van der Waals surface area contributed by atoms with Gasteiger partial charge in [0.1, 0.15) is 12.1 Å². The van der Waals surface area contributed by atoms with Crippen molar-refractivity contribution in [2.24, 2.45) is 0 Å². The van der Waals surface area contributed by atoms with Crippen molar-refractivity contribution in [1.82, 2.24) is 0 Å². The normalized spacial score (nSPS) is 10.5. The highest BCUT2D eigenvalue weighted by atomic mass is 32.2. The summed E-state index contributed by atoms with van der Waals surface area (Å²) in [6, 6.07) is 4.37. The lowest BCUT2D eigenvalue weighted by Crippen LogP contribution is -1.89. The second kappa shape index (κ2) is 4.42. The number of thioether (sulfide) groups is 1. The number of carbonyl (C=O) groups excluding carboxylic acids is 1. The summed E-state index contributed by atoms with van der Waals surface area (Å²) in [6.45, 7) is 4.05. The molecule has 0 N–H and O–H groups in total. The zero-order valence-electron chi connectivity index (χ0n) is 7.58. The molecule has 3 heteroatoms. The van der Waals surface area contributed by atoms with Gasteiger partial charge < -0.3 is 0 Å². The molecule has 0 radical (unpaired) electrons. The molecule has 70 valence electrons. The fourth-order valence-electron chi connectivity index (χ4n) is 0.993. The molecule has 0 heterocycles. The maximum Gasteiger partial charge on any atom is 0.150 e. The standard InChI is InChI=1S/C10H11FOS/c1-7(2)13-10-4-8(6-12)3-9(11)5-10/h3-7H,1-2H3. The largest absolute Gasteiger partial charge is 0.298 e. The summed E-state index contributed by atoms with van der Waals surface area (Å²) < 4.78 is 12.9. The molecule has 1 nitrogen and oxygen atoms in total. The first kappa shape index (κ1) is 10.3. The average molecular weight is 198 g/mol. The summed E-state index contributed by atoms with van der Waals surface area (Å²) in [7, 11) is 0. The van der Waals surface area contributed by atoms with Crippen molar-refractivity contribution in [2.75, 3.05) is 0 Å². The highest BCUT2D eigenvalue weighted by Gasteiger charge is 2.02. The summed E-state index contributed by atoms with van der Waals surface area (Å²) in [4.78, 5) is 11.2. The van der Waals surface area contributed by atoms with Crippen molar-refractivity contribution in [3.8, 4) is 0 Å². The fraction of sp³-hybridized carbons (Fsp3) is 0.300. The molecular formula is C10H11FOS. The van der Waals surface area contributed by atoms with E-state index in [1.54, 1.807) is 17.8 Å². The van der Waals surface area contributed by atoms with Gasteiger partial charge in [-0.2, -0.15) is 0 Å². The highest BCUT2D eigenvalue weighted by molar-refractivity contribution is 7.99. The number of rotatable bonds is 3. The lowest BCUT2D eigenvalue weighted by Gasteiger charge is -2.05. The van der Waals surface area contributed by atoms with E-state index < -0.39 is 0 Å². The second-order valence-electron chi connectivity index (χ2n) is 3.00. The van der Waals surface area contributed by atoms with Gasteiger partial charge in [0.25, 0.3) is 0 Å². The Morgan fingerprint density at radius 2 is 2.08 bits per heavy atom. The Morgan fingerprint density at radius 3 is 2.62 bits per heavy atom. The summed E-state index contributed by atoms with van der Waals surface area (Å²) >= 11 is 1.54. The molecule has 0 aliphatic carbocycles. The Morgan fingerprint density at radius 1 is 1.38 bits per heavy atom. The van der Waals surface area contributed by atoms with Crippen molar-refractivity contribution < 1.29 is 9.18 Å².